The van der Waals surface area contributed by atoms with Crippen LogP contribution in [0, 0.1) is 6.92 Å². The lowest BCUT2D eigenvalue weighted by atomic mass is 10.1. The lowest BCUT2D eigenvalue weighted by Gasteiger charge is -2.08. The molecule has 0 aliphatic heterocycles. The summed E-state index contributed by atoms with van der Waals surface area (Å²) in [6, 6.07) is 8.70. The number of benzene rings is 1. The summed E-state index contributed by atoms with van der Waals surface area (Å²) in [4.78, 5) is 23.5. The van der Waals surface area contributed by atoms with Crippen molar-refractivity contribution in [2.24, 2.45) is 7.05 Å². The molecule has 2 aromatic rings. The molecule has 0 spiro atoms. The molecule has 0 atom stereocenters. The number of carbonyl (C=O) groups is 2. The first-order valence-corrected chi connectivity index (χ1v) is 7.08. The van der Waals surface area contributed by atoms with E-state index in [1.807, 2.05) is 13.8 Å². The molecule has 22 heavy (non-hydrogen) atoms. The Balaban J connectivity index is 2.33. The van der Waals surface area contributed by atoms with E-state index in [-0.39, 0.29) is 12.2 Å². The fourth-order valence-corrected chi connectivity index (χ4v) is 2.49. The third-order valence-electron chi connectivity index (χ3n) is 3.50. The zero-order chi connectivity index (χ0) is 16.3. The van der Waals surface area contributed by atoms with E-state index in [4.69, 9.17) is 9.84 Å². The minimum Gasteiger partial charge on any atom is -0.494 e. The van der Waals surface area contributed by atoms with Crippen LogP contribution < -0.4 is 4.74 Å². The van der Waals surface area contributed by atoms with Crippen molar-refractivity contribution in [2.45, 2.75) is 20.3 Å². The van der Waals surface area contributed by atoms with Gasteiger partial charge in [0.05, 0.1) is 18.7 Å². The standard InChI is InChI=1S/C17H19NO4/c1-4-22-14-7-5-12(6-8-14)17(21)16-11(2)9-13(18(16)3)10-15(19)20/h5-9H,4,10H2,1-3H3,(H,19,20). The number of aryl methyl sites for hydroxylation is 1. The van der Waals surface area contributed by atoms with Gasteiger partial charge in [-0.3, -0.25) is 9.59 Å². The fraction of sp³-hybridized carbons (Fsp3) is 0.294. The zero-order valence-electron chi connectivity index (χ0n) is 12.9. The summed E-state index contributed by atoms with van der Waals surface area (Å²) >= 11 is 0. The molecule has 0 aliphatic rings. The van der Waals surface area contributed by atoms with Gasteiger partial charge in [-0.25, -0.2) is 0 Å². The molecule has 0 bridgehead atoms. The van der Waals surface area contributed by atoms with Crippen molar-refractivity contribution in [3.8, 4) is 5.75 Å². The quantitative estimate of drug-likeness (QED) is 0.833. The van der Waals surface area contributed by atoms with Crippen LogP contribution in [-0.4, -0.2) is 28.0 Å². The van der Waals surface area contributed by atoms with Crippen molar-refractivity contribution in [1.82, 2.24) is 4.57 Å². The van der Waals surface area contributed by atoms with Crippen molar-refractivity contribution in [1.29, 1.82) is 0 Å². The number of hydrogen-bond acceptors (Lipinski definition) is 3. The van der Waals surface area contributed by atoms with E-state index in [2.05, 4.69) is 0 Å². The summed E-state index contributed by atoms with van der Waals surface area (Å²) in [6.07, 6.45) is -0.103. The molecule has 0 radical (unpaired) electrons. The van der Waals surface area contributed by atoms with Gasteiger partial charge in [0, 0.05) is 18.3 Å². The largest absolute Gasteiger partial charge is 0.494 e. The molecule has 116 valence electrons. The molecule has 0 unspecified atom stereocenters. The molecule has 2 rings (SSSR count). The van der Waals surface area contributed by atoms with Gasteiger partial charge in [-0.2, -0.15) is 0 Å². The van der Waals surface area contributed by atoms with Gasteiger partial charge in [0.2, 0.25) is 5.78 Å². The number of rotatable bonds is 6. The van der Waals surface area contributed by atoms with Crippen LogP contribution in [0.2, 0.25) is 0 Å². The van der Waals surface area contributed by atoms with E-state index in [1.54, 1.807) is 41.9 Å². The minimum atomic E-state index is -0.916. The number of carbonyl (C=O) groups excluding carboxylic acids is 1. The molecule has 1 heterocycles. The fourth-order valence-electron chi connectivity index (χ4n) is 2.49. The third-order valence-corrected chi connectivity index (χ3v) is 3.50. The van der Waals surface area contributed by atoms with Crippen molar-refractivity contribution in [3.05, 3.63) is 52.8 Å². The Kier molecular flexibility index (Phi) is 4.65. The lowest BCUT2D eigenvalue weighted by Crippen LogP contribution is -2.12. The lowest BCUT2D eigenvalue weighted by molar-refractivity contribution is -0.136. The second-order valence-corrected chi connectivity index (χ2v) is 5.08. The predicted molar refractivity (Wildman–Crippen MR) is 82.5 cm³/mol. The predicted octanol–water partition coefficient (Wildman–Crippen LogP) is 2.59. The van der Waals surface area contributed by atoms with Gasteiger partial charge in [0.25, 0.3) is 0 Å². The van der Waals surface area contributed by atoms with E-state index in [0.717, 1.165) is 5.56 Å². The van der Waals surface area contributed by atoms with E-state index in [1.165, 1.54) is 0 Å². The van der Waals surface area contributed by atoms with Crippen LogP contribution in [0.15, 0.2) is 30.3 Å². The molecular formula is C17H19NO4. The first-order valence-electron chi connectivity index (χ1n) is 7.08. The number of nitrogens with zero attached hydrogens (tertiary/aromatic N) is 1. The SMILES string of the molecule is CCOc1ccc(C(=O)c2c(C)cc(CC(=O)O)n2C)cc1. The Bertz CT molecular complexity index is 698. The topological polar surface area (TPSA) is 68.5 Å². The Labute approximate surface area is 129 Å². The van der Waals surface area contributed by atoms with Crippen LogP contribution in [0.3, 0.4) is 0 Å². The number of aliphatic carboxylic acids is 1. The van der Waals surface area contributed by atoms with Gasteiger partial charge >= 0.3 is 5.97 Å². The van der Waals surface area contributed by atoms with Crippen LogP contribution in [-0.2, 0) is 18.3 Å². The molecule has 5 heteroatoms. The molecular weight excluding hydrogens is 282 g/mol. The number of ether oxygens (including phenoxy) is 1. The van der Waals surface area contributed by atoms with Crippen LogP contribution in [0.5, 0.6) is 5.75 Å². The second kappa shape index (κ2) is 6.47. The number of carboxylic acids is 1. The van der Waals surface area contributed by atoms with E-state index in [9.17, 15) is 9.59 Å². The summed E-state index contributed by atoms with van der Waals surface area (Å²) in [6.45, 7) is 4.28. The van der Waals surface area contributed by atoms with E-state index < -0.39 is 5.97 Å². The minimum absolute atomic E-state index is 0.103. The maximum absolute atomic E-state index is 12.6. The highest BCUT2D eigenvalue weighted by Crippen LogP contribution is 2.20. The van der Waals surface area contributed by atoms with Gasteiger partial charge in [0.15, 0.2) is 0 Å². The number of hydrogen-bond donors (Lipinski definition) is 1. The van der Waals surface area contributed by atoms with Crippen LogP contribution in [0.25, 0.3) is 0 Å². The highest BCUT2D eigenvalue weighted by Gasteiger charge is 2.19. The van der Waals surface area contributed by atoms with Gasteiger partial charge in [-0.1, -0.05) is 0 Å². The van der Waals surface area contributed by atoms with E-state index >= 15 is 0 Å². The first-order chi connectivity index (χ1) is 10.4. The van der Waals surface area contributed by atoms with Gasteiger partial charge < -0.3 is 14.4 Å². The van der Waals surface area contributed by atoms with Crippen molar-refractivity contribution in [3.63, 3.8) is 0 Å². The maximum atomic E-state index is 12.6. The normalized spacial score (nSPS) is 10.5. The molecule has 0 aliphatic carbocycles. The van der Waals surface area contributed by atoms with Crippen molar-refractivity contribution >= 4 is 11.8 Å². The monoisotopic (exact) mass is 301 g/mol. The van der Waals surface area contributed by atoms with Gasteiger partial charge in [0.1, 0.15) is 5.75 Å². The Morgan fingerprint density at radius 2 is 1.86 bits per heavy atom. The average molecular weight is 301 g/mol. The van der Waals surface area contributed by atoms with Gasteiger partial charge in [-0.05, 0) is 49.7 Å². The summed E-state index contributed by atoms with van der Waals surface area (Å²) in [5.74, 6) is -0.324. The number of aromatic nitrogens is 1. The Morgan fingerprint density at radius 1 is 1.23 bits per heavy atom. The van der Waals surface area contributed by atoms with Crippen molar-refractivity contribution in [2.75, 3.05) is 6.61 Å². The number of carboxylic acid groups (broad SMARTS) is 1. The highest BCUT2D eigenvalue weighted by molar-refractivity contribution is 6.09. The van der Waals surface area contributed by atoms with E-state index in [0.29, 0.717) is 29.3 Å². The molecule has 0 amide bonds. The summed E-state index contributed by atoms with van der Waals surface area (Å²) < 4.78 is 7.01. The molecule has 0 saturated carbocycles. The third kappa shape index (κ3) is 3.19. The van der Waals surface area contributed by atoms with Crippen LogP contribution in [0.1, 0.15) is 34.2 Å². The highest BCUT2D eigenvalue weighted by atomic mass is 16.5. The molecule has 0 saturated heterocycles. The summed E-state index contributed by atoms with van der Waals surface area (Å²) in [5.41, 5.74) is 2.45. The molecule has 1 aromatic carbocycles. The molecule has 1 aromatic heterocycles. The molecule has 0 fully saturated rings. The Hall–Kier alpha value is -2.56. The van der Waals surface area contributed by atoms with Crippen LogP contribution >= 0.6 is 0 Å². The summed E-state index contributed by atoms with van der Waals surface area (Å²) in [5, 5.41) is 8.92. The maximum Gasteiger partial charge on any atom is 0.309 e. The molecule has 5 nitrogen and oxygen atoms in total. The first kappa shape index (κ1) is 15.8. The second-order valence-electron chi connectivity index (χ2n) is 5.08. The zero-order valence-corrected chi connectivity index (χ0v) is 12.9. The smallest absolute Gasteiger partial charge is 0.309 e. The number of ketones is 1. The van der Waals surface area contributed by atoms with Crippen LogP contribution in [0.4, 0.5) is 0 Å². The Morgan fingerprint density at radius 3 is 2.41 bits per heavy atom. The van der Waals surface area contributed by atoms with Gasteiger partial charge in [-0.15, -0.1) is 0 Å². The van der Waals surface area contributed by atoms with Crippen molar-refractivity contribution < 1.29 is 19.4 Å². The average Bonchev–Trinajstić information content (AvgIpc) is 2.73. The summed E-state index contributed by atoms with van der Waals surface area (Å²) in [7, 11) is 1.72. The molecule has 1 N–H and O–H groups in total.